The Morgan fingerprint density at radius 2 is 1.93 bits per heavy atom. The van der Waals surface area contributed by atoms with Crippen LogP contribution in [0.15, 0.2) is 36.5 Å². The van der Waals surface area contributed by atoms with Gasteiger partial charge in [-0.2, -0.15) is 0 Å². The highest BCUT2D eigenvalue weighted by Crippen LogP contribution is 2.20. The van der Waals surface area contributed by atoms with Gasteiger partial charge in [-0.3, -0.25) is 14.5 Å². The number of aromatic nitrogens is 2. The van der Waals surface area contributed by atoms with Gasteiger partial charge in [-0.05, 0) is 12.8 Å². The van der Waals surface area contributed by atoms with E-state index in [-0.39, 0.29) is 18.4 Å². The van der Waals surface area contributed by atoms with Crippen LogP contribution in [-0.2, 0) is 16.0 Å². The summed E-state index contributed by atoms with van der Waals surface area (Å²) in [5.74, 6) is 0.309. The lowest BCUT2D eigenvalue weighted by molar-refractivity contribution is -0.121. The first-order valence-electron chi connectivity index (χ1n) is 10.5. The van der Waals surface area contributed by atoms with E-state index in [1.165, 1.54) is 0 Å². The summed E-state index contributed by atoms with van der Waals surface area (Å²) in [7, 11) is 0. The highest BCUT2D eigenvalue weighted by Gasteiger charge is 2.26. The number of ether oxygens (including phenoxy) is 1. The molecule has 0 unspecified atom stereocenters. The van der Waals surface area contributed by atoms with Crippen LogP contribution in [0.1, 0.15) is 22.5 Å². The average molecular weight is 409 g/mol. The first kappa shape index (κ1) is 20.4. The van der Waals surface area contributed by atoms with Crippen LogP contribution in [0, 0.1) is 0 Å². The number of hydrogen-bond donors (Lipinski definition) is 1. The lowest BCUT2D eigenvalue weighted by Crippen LogP contribution is -2.44. The summed E-state index contributed by atoms with van der Waals surface area (Å²) < 4.78 is 5.33. The van der Waals surface area contributed by atoms with Crippen molar-refractivity contribution in [3.8, 4) is 11.4 Å². The second-order valence-corrected chi connectivity index (χ2v) is 7.55. The van der Waals surface area contributed by atoms with E-state index in [1.54, 1.807) is 11.1 Å². The number of amides is 2. The number of hydrogen-bond acceptors (Lipinski definition) is 6. The minimum Gasteiger partial charge on any atom is -0.379 e. The predicted octanol–water partition coefficient (Wildman–Crippen LogP) is 0.980. The van der Waals surface area contributed by atoms with Crippen molar-refractivity contribution in [3.05, 3.63) is 47.8 Å². The zero-order chi connectivity index (χ0) is 20.8. The second kappa shape index (κ2) is 9.77. The molecule has 2 aromatic rings. The summed E-state index contributed by atoms with van der Waals surface area (Å²) in [5, 5.41) is 2.93. The van der Waals surface area contributed by atoms with Crippen molar-refractivity contribution in [3.63, 3.8) is 0 Å². The van der Waals surface area contributed by atoms with Gasteiger partial charge < -0.3 is 15.0 Å². The Morgan fingerprint density at radius 3 is 2.73 bits per heavy atom. The van der Waals surface area contributed by atoms with Gasteiger partial charge in [0.2, 0.25) is 5.91 Å². The monoisotopic (exact) mass is 409 g/mol. The van der Waals surface area contributed by atoms with Crippen LogP contribution >= 0.6 is 0 Å². The van der Waals surface area contributed by atoms with Gasteiger partial charge in [0.1, 0.15) is 0 Å². The van der Waals surface area contributed by atoms with Crippen molar-refractivity contribution >= 4 is 11.8 Å². The molecule has 0 aliphatic carbocycles. The van der Waals surface area contributed by atoms with Crippen molar-refractivity contribution < 1.29 is 14.3 Å². The van der Waals surface area contributed by atoms with Crippen LogP contribution in [0.25, 0.3) is 11.4 Å². The van der Waals surface area contributed by atoms with Gasteiger partial charge in [-0.25, -0.2) is 9.97 Å². The van der Waals surface area contributed by atoms with E-state index >= 15 is 0 Å². The third-order valence-corrected chi connectivity index (χ3v) is 5.45. The molecule has 3 heterocycles. The Bertz CT molecular complexity index is 884. The molecule has 0 radical (unpaired) electrons. The number of nitrogens with zero attached hydrogens (tertiary/aromatic N) is 4. The lowest BCUT2D eigenvalue weighted by Gasteiger charge is -2.26. The Hall–Kier alpha value is -2.84. The maximum Gasteiger partial charge on any atom is 0.257 e. The Balaban J connectivity index is 1.35. The zero-order valence-corrected chi connectivity index (χ0v) is 17.0. The topological polar surface area (TPSA) is 87.7 Å². The number of morpholine rings is 1. The van der Waals surface area contributed by atoms with E-state index < -0.39 is 0 Å². The highest BCUT2D eigenvalue weighted by molar-refractivity contribution is 5.97. The van der Waals surface area contributed by atoms with E-state index in [4.69, 9.17) is 4.74 Å². The number of benzene rings is 1. The van der Waals surface area contributed by atoms with Gasteiger partial charge in [0.05, 0.1) is 31.0 Å². The molecule has 0 bridgehead atoms. The van der Waals surface area contributed by atoms with Crippen LogP contribution in [-0.4, -0.2) is 84.1 Å². The molecule has 30 heavy (non-hydrogen) atoms. The standard InChI is InChI=1S/C22H27N5O3/c28-20(23-8-10-26-11-13-30-14-12-26)16-27-9-4-7-19-18(22(27)29)15-24-21(25-19)17-5-2-1-3-6-17/h1-3,5-6,15H,4,7-14,16H2,(H,23,28). The summed E-state index contributed by atoms with van der Waals surface area (Å²) in [6.07, 6.45) is 3.06. The van der Waals surface area contributed by atoms with Crippen LogP contribution in [0.5, 0.6) is 0 Å². The van der Waals surface area contributed by atoms with Crippen molar-refractivity contribution in [2.75, 3.05) is 52.5 Å². The fourth-order valence-corrected chi connectivity index (χ4v) is 3.78. The van der Waals surface area contributed by atoms with Crippen molar-refractivity contribution in [1.29, 1.82) is 0 Å². The smallest absolute Gasteiger partial charge is 0.257 e. The summed E-state index contributed by atoms with van der Waals surface area (Å²) >= 11 is 0. The van der Waals surface area contributed by atoms with Crippen molar-refractivity contribution in [2.45, 2.75) is 12.8 Å². The van der Waals surface area contributed by atoms with E-state index in [1.807, 2.05) is 30.3 Å². The van der Waals surface area contributed by atoms with Gasteiger partial charge in [-0.15, -0.1) is 0 Å². The molecule has 1 N–H and O–H groups in total. The van der Waals surface area contributed by atoms with Crippen molar-refractivity contribution in [1.82, 2.24) is 25.1 Å². The van der Waals surface area contributed by atoms with Crippen LogP contribution < -0.4 is 5.32 Å². The molecule has 2 amide bonds. The van der Waals surface area contributed by atoms with Crippen LogP contribution in [0.4, 0.5) is 0 Å². The van der Waals surface area contributed by atoms with Gasteiger partial charge >= 0.3 is 0 Å². The first-order valence-corrected chi connectivity index (χ1v) is 10.5. The molecular formula is C22H27N5O3. The average Bonchev–Trinajstić information content (AvgIpc) is 2.93. The summed E-state index contributed by atoms with van der Waals surface area (Å²) in [4.78, 5) is 38.3. The zero-order valence-electron chi connectivity index (χ0n) is 17.0. The molecule has 4 rings (SSSR count). The Labute approximate surface area is 176 Å². The molecule has 0 atom stereocenters. The molecular weight excluding hydrogens is 382 g/mol. The second-order valence-electron chi connectivity index (χ2n) is 7.55. The largest absolute Gasteiger partial charge is 0.379 e. The molecule has 2 aliphatic heterocycles. The number of rotatable bonds is 6. The van der Waals surface area contributed by atoms with E-state index in [0.29, 0.717) is 30.9 Å². The normalized spacial score (nSPS) is 17.3. The number of carbonyl (C=O) groups excluding carboxylic acids is 2. The summed E-state index contributed by atoms with van der Waals surface area (Å²) in [5.41, 5.74) is 2.17. The minimum atomic E-state index is -0.176. The molecule has 8 heteroatoms. The summed E-state index contributed by atoms with van der Waals surface area (Å²) in [6, 6.07) is 9.73. The number of nitrogens with one attached hydrogen (secondary N) is 1. The molecule has 8 nitrogen and oxygen atoms in total. The maximum absolute atomic E-state index is 13.0. The molecule has 1 aromatic carbocycles. The van der Waals surface area contributed by atoms with Gasteiger partial charge in [-0.1, -0.05) is 30.3 Å². The van der Waals surface area contributed by atoms with Gasteiger partial charge in [0, 0.05) is 44.5 Å². The fourth-order valence-electron chi connectivity index (χ4n) is 3.78. The molecule has 0 saturated carbocycles. The quantitative estimate of drug-likeness (QED) is 0.765. The molecule has 1 aromatic heterocycles. The lowest BCUT2D eigenvalue weighted by atomic mass is 10.1. The Morgan fingerprint density at radius 1 is 1.13 bits per heavy atom. The molecule has 1 fully saturated rings. The SMILES string of the molecule is O=C(CN1CCCc2nc(-c3ccccc3)ncc2C1=O)NCCN1CCOCC1. The van der Waals surface area contributed by atoms with E-state index in [9.17, 15) is 9.59 Å². The number of aryl methyl sites for hydroxylation is 1. The Kier molecular flexibility index (Phi) is 6.66. The minimum absolute atomic E-state index is 0.0574. The van der Waals surface area contributed by atoms with Crippen molar-refractivity contribution in [2.24, 2.45) is 0 Å². The fraction of sp³-hybridized carbons (Fsp3) is 0.455. The maximum atomic E-state index is 13.0. The highest BCUT2D eigenvalue weighted by atomic mass is 16.5. The molecule has 158 valence electrons. The van der Waals surface area contributed by atoms with Gasteiger partial charge in [0.25, 0.3) is 5.91 Å². The third-order valence-electron chi connectivity index (χ3n) is 5.45. The van der Waals surface area contributed by atoms with E-state index in [0.717, 1.165) is 50.5 Å². The summed E-state index contributed by atoms with van der Waals surface area (Å²) in [6.45, 7) is 5.22. The molecule has 1 saturated heterocycles. The van der Waals surface area contributed by atoms with Crippen LogP contribution in [0.3, 0.4) is 0 Å². The molecule has 0 spiro atoms. The predicted molar refractivity (Wildman–Crippen MR) is 112 cm³/mol. The molecule has 2 aliphatic rings. The van der Waals surface area contributed by atoms with Gasteiger partial charge in [0.15, 0.2) is 5.82 Å². The number of fused-ring (bicyclic) bond motifs is 1. The number of carbonyl (C=O) groups is 2. The van der Waals surface area contributed by atoms with E-state index in [2.05, 4.69) is 20.2 Å². The van der Waals surface area contributed by atoms with Crippen LogP contribution in [0.2, 0.25) is 0 Å². The third kappa shape index (κ3) is 5.01. The first-order chi connectivity index (χ1) is 14.7.